The summed E-state index contributed by atoms with van der Waals surface area (Å²) >= 11 is 0. The highest BCUT2D eigenvalue weighted by Crippen LogP contribution is 2.18. The largest absolute Gasteiger partial charge is 0.462 e. The van der Waals surface area contributed by atoms with Crippen LogP contribution in [0.2, 0.25) is 0 Å². The van der Waals surface area contributed by atoms with Crippen molar-refractivity contribution >= 4 is 17.9 Å². The van der Waals surface area contributed by atoms with Crippen LogP contribution < -0.4 is 0 Å². The Hall–Kier alpha value is -3.41. The molecule has 0 aliphatic carbocycles. The first-order valence-corrected chi connectivity index (χ1v) is 36.1. The maximum absolute atomic E-state index is 12.9. The molecule has 1 atom stereocenters. The Morgan fingerprint density at radius 3 is 0.867 bits per heavy atom. The van der Waals surface area contributed by atoms with Crippen molar-refractivity contribution in [3.63, 3.8) is 0 Å². The van der Waals surface area contributed by atoms with E-state index < -0.39 is 12.1 Å². The molecule has 0 saturated heterocycles. The fourth-order valence-electron chi connectivity index (χ4n) is 10.6. The van der Waals surface area contributed by atoms with Gasteiger partial charge in [-0.1, -0.05) is 356 Å². The molecule has 0 aliphatic heterocycles. The number of hydrogen-bond acceptors (Lipinski definition) is 6. The number of hydrogen-bond donors (Lipinski definition) is 0. The molecular formula is C77H136O6. The van der Waals surface area contributed by atoms with Gasteiger partial charge in [-0.15, -0.1) is 0 Å². The van der Waals surface area contributed by atoms with Crippen LogP contribution in [-0.4, -0.2) is 37.2 Å². The molecular weight excluding hydrogens is 1020 g/mol. The first kappa shape index (κ1) is 79.6. The summed E-state index contributed by atoms with van der Waals surface area (Å²) in [5, 5.41) is 0. The van der Waals surface area contributed by atoms with E-state index in [0.717, 1.165) is 77.0 Å². The number of esters is 3. The molecule has 83 heavy (non-hydrogen) atoms. The molecule has 0 heterocycles. The van der Waals surface area contributed by atoms with Gasteiger partial charge < -0.3 is 14.2 Å². The summed E-state index contributed by atoms with van der Waals surface area (Å²) in [5.74, 6) is -1.03. The first-order valence-electron chi connectivity index (χ1n) is 36.1. The predicted molar refractivity (Wildman–Crippen MR) is 362 cm³/mol. The first-order chi connectivity index (χ1) is 41.0. The highest BCUT2D eigenvalue weighted by atomic mass is 16.6. The van der Waals surface area contributed by atoms with Gasteiger partial charge in [0.05, 0.1) is 6.42 Å². The van der Waals surface area contributed by atoms with Gasteiger partial charge in [-0.2, -0.15) is 0 Å². The van der Waals surface area contributed by atoms with E-state index in [-0.39, 0.29) is 31.6 Å². The molecule has 6 heteroatoms. The van der Waals surface area contributed by atoms with Gasteiger partial charge in [0.15, 0.2) is 6.10 Å². The zero-order valence-electron chi connectivity index (χ0n) is 55.2. The summed E-state index contributed by atoms with van der Waals surface area (Å²) in [5.41, 5.74) is 0. The van der Waals surface area contributed by atoms with Crippen LogP contribution in [0.15, 0.2) is 85.1 Å². The SMILES string of the molecule is CC/C=C\C/C=C\C/C=C\C/C=C\C/C=C\CC(=O)OCC(COC(=O)CCCCCCCCCCCCCCCCCCCCCCCCCCCCCCCCC)OC(=O)CCCCCCCCCCC/C=C\C/C=C\CCCCC. The van der Waals surface area contributed by atoms with Gasteiger partial charge >= 0.3 is 17.9 Å². The topological polar surface area (TPSA) is 78.9 Å². The van der Waals surface area contributed by atoms with Crippen molar-refractivity contribution < 1.29 is 28.6 Å². The van der Waals surface area contributed by atoms with E-state index in [1.807, 2.05) is 6.08 Å². The highest BCUT2D eigenvalue weighted by molar-refractivity contribution is 5.72. The summed E-state index contributed by atoms with van der Waals surface area (Å²) in [7, 11) is 0. The Kier molecular flexibility index (Phi) is 68.2. The van der Waals surface area contributed by atoms with Crippen LogP contribution in [0, 0.1) is 0 Å². The van der Waals surface area contributed by atoms with Crippen molar-refractivity contribution in [1.82, 2.24) is 0 Å². The highest BCUT2D eigenvalue weighted by Gasteiger charge is 2.19. The van der Waals surface area contributed by atoms with E-state index in [0.29, 0.717) is 12.8 Å². The molecule has 0 rings (SSSR count). The number of allylic oxidation sites excluding steroid dienone is 13. The molecule has 0 aromatic rings. The minimum Gasteiger partial charge on any atom is -0.462 e. The van der Waals surface area contributed by atoms with E-state index >= 15 is 0 Å². The number of unbranched alkanes of at least 4 members (excludes halogenated alkanes) is 42. The molecule has 0 radical (unpaired) electrons. The van der Waals surface area contributed by atoms with Crippen molar-refractivity contribution in [2.24, 2.45) is 0 Å². The second-order valence-electron chi connectivity index (χ2n) is 24.1. The van der Waals surface area contributed by atoms with Gasteiger partial charge in [-0.3, -0.25) is 14.4 Å². The van der Waals surface area contributed by atoms with Crippen molar-refractivity contribution in [2.45, 2.75) is 374 Å². The van der Waals surface area contributed by atoms with Gasteiger partial charge in [0, 0.05) is 12.8 Å². The van der Waals surface area contributed by atoms with Crippen molar-refractivity contribution in [3.05, 3.63) is 85.1 Å². The van der Waals surface area contributed by atoms with Crippen molar-refractivity contribution in [3.8, 4) is 0 Å². The number of carbonyl (C=O) groups is 3. The molecule has 0 spiro atoms. The molecule has 6 nitrogen and oxygen atoms in total. The summed E-state index contributed by atoms with van der Waals surface area (Å²) in [6.45, 7) is 6.46. The molecule has 0 amide bonds. The van der Waals surface area contributed by atoms with Gasteiger partial charge in [-0.25, -0.2) is 0 Å². The van der Waals surface area contributed by atoms with E-state index in [9.17, 15) is 14.4 Å². The van der Waals surface area contributed by atoms with Gasteiger partial charge in [-0.05, 0) is 77.0 Å². The molecule has 0 fully saturated rings. The van der Waals surface area contributed by atoms with Gasteiger partial charge in [0.25, 0.3) is 0 Å². The standard InChI is InChI=1S/C77H136O6/c1-4-7-10-13-16-19-22-25-28-30-32-33-34-35-36-37-38-39-40-41-42-43-45-46-49-52-55-58-61-64-67-70-76(79)82-73-74(72-81-75(78)69-66-63-60-57-54-51-48-27-24-21-18-15-12-9-6-3)83-77(80)71-68-65-62-59-56-53-50-47-44-31-29-26-23-20-17-14-11-8-5-2/h9,12,17-18,20-21,26-27,29,48,54,57,63,66,74H,4-8,10-11,13-16,19,22-25,28,30-47,49-53,55-56,58-62,64-65,67-73H2,1-3H3/b12-9-,20-17-,21-18-,29-26-,48-27-,57-54-,66-63-. The Bertz CT molecular complexity index is 1570. The van der Waals surface area contributed by atoms with Crippen molar-refractivity contribution in [1.29, 1.82) is 0 Å². The van der Waals surface area contributed by atoms with Crippen molar-refractivity contribution in [2.75, 3.05) is 13.2 Å². The molecule has 0 bridgehead atoms. The Morgan fingerprint density at radius 2 is 0.518 bits per heavy atom. The van der Waals surface area contributed by atoms with E-state index in [4.69, 9.17) is 14.2 Å². The molecule has 0 N–H and O–H groups in total. The summed E-state index contributed by atoms with van der Waals surface area (Å²) < 4.78 is 16.9. The average Bonchev–Trinajstić information content (AvgIpc) is 3.50. The Balaban J connectivity index is 4.25. The normalized spacial score (nSPS) is 12.6. The van der Waals surface area contributed by atoms with Crippen LogP contribution >= 0.6 is 0 Å². The lowest BCUT2D eigenvalue weighted by atomic mass is 10.0. The third-order valence-electron chi connectivity index (χ3n) is 15.9. The van der Waals surface area contributed by atoms with E-state index in [2.05, 4.69) is 93.7 Å². The lowest BCUT2D eigenvalue weighted by Crippen LogP contribution is -2.30. The second kappa shape index (κ2) is 71.1. The lowest BCUT2D eigenvalue weighted by molar-refractivity contribution is -0.166. The van der Waals surface area contributed by atoms with Gasteiger partial charge in [0.2, 0.25) is 0 Å². The zero-order valence-corrected chi connectivity index (χ0v) is 55.2. The lowest BCUT2D eigenvalue weighted by Gasteiger charge is -2.18. The Morgan fingerprint density at radius 1 is 0.265 bits per heavy atom. The second-order valence-corrected chi connectivity index (χ2v) is 24.1. The minimum absolute atomic E-state index is 0.105. The quantitative estimate of drug-likeness (QED) is 0.0261. The third-order valence-corrected chi connectivity index (χ3v) is 15.9. The summed E-state index contributed by atoms with van der Waals surface area (Å²) in [6, 6.07) is 0. The van der Waals surface area contributed by atoms with Crippen LogP contribution in [0.4, 0.5) is 0 Å². The number of rotatable bonds is 66. The monoisotopic (exact) mass is 1160 g/mol. The van der Waals surface area contributed by atoms with Crippen LogP contribution in [0.25, 0.3) is 0 Å². The maximum Gasteiger partial charge on any atom is 0.309 e. The van der Waals surface area contributed by atoms with Crippen LogP contribution in [-0.2, 0) is 28.6 Å². The molecule has 480 valence electrons. The fourth-order valence-corrected chi connectivity index (χ4v) is 10.6. The molecule has 1 unspecified atom stereocenters. The molecule has 0 saturated carbocycles. The summed E-state index contributed by atoms with van der Waals surface area (Å²) in [6.07, 6.45) is 95.2. The third kappa shape index (κ3) is 69.3. The van der Waals surface area contributed by atoms with E-state index in [1.165, 1.54) is 250 Å². The molecule has 0 aromatic heterocycles. The molecule has 0 aromatic carbocycles. The van der Waals surface area contributed by atoms with Crippen LogP contribution in [0.5, 0.6) is 0 Å². The average molecular weight is 1160 g/mol. The Labute approximate surface area is 515 Å². The van der Waals surface area contributed by atoms with Gasteiger partial charge in [0.1, 0.15) is 13.2 Å². The summed E-state index contributed by atoms with van der Waals surface area (Å²) in [4.78, 5) is 38.4. The smallest absolute Gasteiger partial charge is 0.309 e. The van der Waals surface area contributed by atoms with Crippen LogP contribution in [0.3, 0.4) is 0 Å². The zero-order chi connectivity index (χ0) is 59.9. The predicted octanol–water partition coefficient (Wildman–Crippen LogP) is 25.0. The fraction of sp³-hybridized carbons (Fsp3) is 0.779. The maximum atomic E-state index is 12.9. The molecule has 0 aliphatic rings. The van der Waals surface area contributed by atoms with Crippen LogP contribution in [0.1, 0.15) is 367 Å². The minimum atomic E-state index is -0.820. The number of ether oxygens (including phenoxy) is 3. The van der Waals surface area contributed by atoms with E-state index in [1.54, 1.807) is 6.08 Å². The number of carbonyl (C=O) groups excluding carboxylic acids is 3.